The van der Waals surface area contributed by atoms with Gasteiger partial charge in [0.25, 0.3) is 0 Å². The Bertz CT molecular complexity index is 1970. The molecule has 0 radical (unpaired) electrons. The van der Waals surface area contributed by atoms with E-state index in [2.05, 4.69) is 0 Å². The van der Waals surface area contributed by atoms with Gasteiger partial charge in [-0.25, -0.2) is 0 Å². The Kier molecular flexibility index (Phi) is 17.8. The van der Waals surface area contributed by atoms with E-state index in [-0.39, 0.29) is 34.1 Å². The Hall–Kier alpha value is -7.36. The second-order valence-electron chi connectivity index (χ2n) is 9.89. The molecule has 278 valence electrons. The number of rotatable bonds is 6. The number of phenols is 7. The fourth-order valence-electron chi connectivity index (χ4n) is 3.47. The summed E-state index contributed by atoms with van der Waals surface area (Å²) in [4.78, 5) is 50.6. The van der Waals surface area contributed by atoms with Crippen molar-refractivity contribution in [1.82, 2.24) is 0 Å². The first-order valence-corrected chi connectivity index (χ1v) is 14.4. The molecule has 0 saturated heterocycles. The van der Waals surface area contributed by atoms with Crippen LogP contribution >= 0.6 is 0 Å². The zero-order valence-electron chi connectivity index (χ0n) is 27.3. The average molecular weight is 741 g/mol. The number of aldehydes is 5. The summed E-state index contributed by atoms with van der Waals surface area (Å²) >= 11 is 0. The predicted molar refractivity (Wildman–Crippen MR) is 182 cm³/mol. The van der Waals surface area contributed by atoms with E-state index in [1.165, 1.54) is 55.6 Å². The van der Waals surface area contributed by atoms with Crippen LogP contribution in [-0.4, -0.2) is 74.3 Å². The van der Waals surface area contributed by atoms with Crippen molar-refractivity contribution in [3.8, 4) is 46.0 Å². The van der Waals surface area contributed by atoms with Gasteiger partial charge in [0.05, 0.1) is 12.7 Å². The van der Waals surface area contributed by atoms with Gasteiger partial charge >= 0.3 is 6.18 Å². The molecule has 5 aromatic carbocycles. The normalized spacial score (nSPS) is 9.66. The van der Waals surface area contributed by atoms with Crippen LogP contribution in [-0.2, 0) is 6.18 Å². The third kappa shape index (κ3) is 15.4. The molecule has 13 nitrogen and oxygen atoms in total. The maximum Gasteiger partial charge on any atom is 0.416 e. The number of halogens is 3. The van der Waals surface area contributed by atoms with Gasteiger partial charge in [-0.2, -0.15) is 13.2 Å². The molecule has 16 heteroatoms. The number of hydrogen-bond donors (Lipinski definition) is 7. The van der Waals surface area contributed by atoms with Crippen LogP contribution in [0.5, 0.6) is 46.0 Å². The highest BCUT2D eigenvalue weighted by atomic mass is 19.4. The zero-order valence-corrected chi connectivity index (χ0v) is 27.3. The SMILES string of the molecule is COc1ccc(C=O)cc1O.O=Cc1cc(O)c(O)c(O)c1.O=Cc1ccc(O)c(O)c1.O=Cc1cccc(C(F)(F)F)c1.O=Cc1cccc(O)c1. The quantitative estimate of drug-likeness (QED) is 0.0732. The largest absolute Gasteiger partial charge is 0.508 e. The Balaban J connectivity index is 0.000000332. The van der Waals surface area contributed by atoms with Gasteiger partial charge in [0.15, 0.2) is 40.2 Å². The van der Waals surface area contributed by atoms with Gasteiger partial charge in [-0.15, -0.1) is 0 Å². The van der Waals surface area contributed by atoms with Crippen LogP contribution in [0.2, 0.25) is 0 Å². The second-order valence-corrected chi connectivity index (χ2v) is 9.89. The Morgan fingerprint density at radius 1 is 0.472 bits per heavy atom. The van der Waals surface area contributed by atoms with E-state index < -0.39 is 29.0 Å². The summed E-state index contributed by atoms with van der Waals surface area (Å²) in [5.74, 6) is -1.64. The van der Waals surface area contributed by atoms with Gasteiger partial charge in [-0.05, 0) is 72.8 Å². The lowest BCUT2D eigenvalue weighted by molar-refractivity contribution is -0.137. The van der Waals surface area contributed by atoms with Crippen LogP contribution in [0.3, 0.4) is 0 Å². The summed E-state index contributed by atoms with van der Waals surface area (Å²) < 4.78 is 40.7. The molecule has 0 aliphatic rings. The lowest BCUT2D eigenvalue weighted by Gasteiger charge is -2.05. The molecule has 0 aliphatic carbocycles. The van der Waals surface area contributed by atoms with Crippen molar-refractivity contribution in [2.24, 2.45) is 0 Å². The van der Waals surface area contributed by atoms with E-state index in [4.69, 9.17) is 40.5 Å². The molecular weight excluding hydrogens is 709 g/mol. The standard InChI is InChI=1S/C8H5F3O.C8H8O3.C7H6O4.C7H6O3.C7H6O2/c9-8(10,11)7-3-1-2-6(4-7)5-12;1-11-8-3-2-6(5-9)4-7(8)10;8-3-4-1-5(9)7(11)6(10)2-4;8-4-5-1-2-6(9)7(10)3-5;8-5-6-2-1-3-7(9)4-6/h1-5H;2-5,10H,1H3;1-3,9-11H;1-4,9-10H;1-5,9H. The van der Waals surface area contributed by atoms with Crippen molar-refractivity contribution in [2.75, 3.05) is 7.11 Å². The molecule has 0 heterocycles. The van der Waals surface area contributed by atoms with Crippen LogP contribution < -0.4 is 4.74 Å². The topological polar surface area (TPSA) is 236 Å². The van der Waals surface area contributed by atoms with Gasteiger partial charge in [-0.1, -0.05) is 24.3 Å². The number of carbonyl (C=O) groups excluding carboxylic acids is 5. The number of methoxy groups -OCH3 is 1. The van der Waals surface area contributed by atoms with Crippen LogP contribution in [0.1, 0.15) is 57.4 Å². The van der Waals surface area contributed by atoms with E-state index in [1.807, 2.05) is 0 Å². The van der Waals surface area contributed by atoms with E-state index in [1.54, 1.807) is 24.3 Å². The highest BCUT2D eigenvalue weighted by Gasteiger charge is 2.30. The van der Waals surface area contributed by atoms with Crippen molar-refractivity contribution in [3.05, 3.63) is 130 Å². The Morgan fingerprint density at radius 2 is 0.906 bits per heavy atom. The third-order valence-corrected chi connectivity index (χ3v) is 6.06. The van der Waals surface area contributed by atoms with Crippen LogP contribution in [0.15, 0.2) is 97.1 Å². The molecular formula is C37H31F3O13. The first-order chi connectivity index (χ1) is 25.0. The lowest BCUT2D eigenvalue weighted by atomic mass is 10.1. The number of ether oxygens (including phenoxy) is 1. The second kappa shape index (κ2) is 21.7. The summed E-state index contributed by atoms with van der Waals surface area (Å²) in [6, 6.07) is 20.9. The molecule has 0 saturated carbocycles. The first kappa shape index (κ1) is 43.7. The maximum absolute atomic E-state index is 12.0. The number of phenolic OH excluding ortho intramolecular Hbond substituents is 7. The molecule has 0 atom stereocenters. The minimum atomic E-state index is -4.38. The van der Waals surface area contributed by atoms with E-state index in [0.29, 0.717) is 53.9 Å². The molecule has 0 bridgehead atoms. The monoisotopic (exact) mass is 740 g/mol. The Labute approximate surface area is 298 Å². The van der Waals surface area contributed by atoms with Crippen molar-refractivity contribution in [3.63, 3.8) is 0 Å². The third-order valence-electron chi connectivity index (χ3n) is 6.06. The van der Waals surface area contributed by atoms with Crippen molar-refractivity contribution < 1.29 is 77.6 Å². The van der Waals surface area contributed by atoms with E-state index >= 15 is 0 Å². The fraction of sp³-hybridized carbons (Fsp3) is 0.0541. The summed E-state index contributed by atoms with van der Waals surface area (Å²) in [7, 11) is 1.45. The van der Waals surface area contributed by atoms with Gasteiger partial charge in [0.1, 0.15) is 37.2 Å². The maximum atomic E-state index is 12.0. The number of alkyl halides is 3. The van der Waals surface area contributed by atoms with Gasteiger partial charge in [-0.3, -0.25) is 24.0 Å². The minimum absolute atomic E-state index is 0.0166. The number of benzene rings is 5. The van der Waals surface area contributed by atoms with Crippen LogP contribution in [0.25, 0.3) is 0 Å². The molecule has 0 aliphatic heterocycles. The predicted octanol–water partition coefficient (Wildman–Crippen LogP) is 6.46. The van der Waals surface area contributed by atoms with Crippen LogP contribution in [0.4, 0.5) is 13.2 Å². The zero-order chi connectivity index (χ0) is 40.1. The molecule has 53 heavy (non-hydrogen) atoms. The Morgan fingerprint density at radius 3 is 1.32 bits per heavy atom. The molecule has 5 rings (SSSR count). The van der Waals surface area contributed by atoms with Crippen molar-refractivity contribution >= 4 is 31.4 Å². The summed E-state index contributed by atoms with van der Waals surface area (Å²) in [6.07, 6.45) is -1.58. The fourth-order valence-corrected chi connectivity index (χ4v) is 3.47. The number of hydrogen-bond acceptors (Lipinski definition) is 13. The van der Waals surface area contributed by atoms with E-state index in [9.17, 15) is 37.1 Å². The molecule has 0 amide bonds. The molecule has 0 unspecified atom stereocenters. The van der Waals surface area contributed by atoms with Crippen molar-refractivity contribution in [1.29, 1.82) is 0 Å². The highest BCUT2D eigenvalue weighted by molar-refractivity contribution is 5.78. The first-order valence-electron chi connectivity index (χ1n) is 14.4. The molecule has 0 spiro atoms. The highest BCUT2D eigenvalue weighted by Crippen LogP contribution is 2.34. The number of carbonyl (C=O) groups is 5. The van der Waals surface area contributed by atoms with Gasteiger partial charge < -0.3 is 40.5 Å². The minimum Gasteiger partial charge on any atom is -0.508 e. The van der Waals surface area contributed by atoms with Gasteiger partial charge in [0, 0.05) is 27.8 Å². The van der Waals surface area contributed by atoms with Crippen LogP contribution in [0, 0.1) is 0 Å². The molecule has 0 aromatic heterocycles. The summed E-state index contributed by atoms with van der Waals surface area (Å²) in [5.41, 5.74) is 0.614. The van der Waals surface area contributed by atoms with Crippen molar-refractivity contribution in [2.45, 2.75) is 6.18 Å². The summed E-state index contributed by atoms with van der Waals surface area (Å²) in [6.45, 7) is 0. The van der Waals surface area contributed by atoms with E-state index in [0.717, 1.165) is 24.3 Å². The van der Waals surface area contributed by atoms with Gasteiger partial charge in [0.2, 0.25) is 0 Å². The molecule has 7 N–H and O–H groups in total. The molecule has 5 aromatic rings. The molecule has 0 fully saturated rings. The lowest BCUT2D eigenvalue weighted by Crippen LogP contribution is -2.04. The smallest absolute Gasteiger partial charge is 0.416 e. The number of aromatic hydroxyl groups is 7. The average Bonchev–Trinajstić information content (AvgIpc) is 3.15. The summed E-state index contributed by atoms with van der Waals surface area (Å²) in [5, 5.41) is 62.0.